The van der Waals surface area contributed by atoms with E-state index < -0.39 is 10.0 Å². The van der Waals surface area contributed by atoms with Crippen molar-refractivity contribution in [2.75, 3.05) is 31.1 Å². The Bertz CT molecular complexity index is 922. The van der Waals surface area contributed by atoms with Crippen LogP contribution in [0.3, 0.4) is 0 Å². The predicted molar refractivity (Wildman–Crippen MR) is 112 cm³/mol. The summed E-state index contributed by atoms with van der Waals surface area (Å²) in [5.74, 6) is 1.31. The molecule has 1 aliphatic heterocycles. The maximum Gasteiger partial charge on any atom is 0.267 e. The van der Waals surface area contributed by atoms with Crippen LogP contribution < -0.4 is 5.32 Å². The molecule has 0 radical (unpaired) electrons. The monoisotopic (exact) mass is 440 g/mol. The minimum Gasteiger partial charge on any atom is -0.356 e. The molecule has 0 bridgehead atoms. The van der Waals surface area contributed by atoms with E-state index >= 15 is 0 Å². The first kappa shape index (κ1) is 19.9. The van der Waals surface area contributed by atoms with Crippen molar-refractivity contribution < 1.29 is 13.2 Å². The molecule has 152 valence electrons. The Kier molecular flexibility index (Phi) is 6.10. The number of nitrogens with one attached hydrogen (secondary N) is 2. The second-order valence-corrected chi connectivity index (χ2v) is 11.3. The Morgan fingerprint density at radius 2 is 2.04 bits per heavy atom. The highest BCUT2D eigenvalue weighted by molar-refractivity contribution is 7.99. The SMILES string of the molecule is O=C(NCCc1nc2c(s1)CCCC2)c1cc(S(=O)(=O)N2CCSCC2)c[nH]1. The minimum absolute atomic E-state index is 0.150. The van der Waals surface area contributed by atoms with Crippen LogP contribution in [0, 0.1) is 0 Å². The molecule has 10 heteroatoms. The zero-order valence-electron chi connectivity index (χ0n) is 15.6. The quantitative estimate of drug-likeness (QED) is 0.717. The Morgan fingerprint density at radius 1 is 1.25 bits per heavy atom. The van der Waals surface area contributed by atoms with E-state index in [1.807, 2.05) is 0 Å². The van der Waals surface area contributed by atoms with Gasteiger partial charge in [-0.1, -0.05) is 0 Å². The van der Waals surface area contributed by atoms with E-state index in [1.54, 1.807) is 23.1 Å². The van der Waals surface area contributed by atoms with Crippen molar-refractivity contribution in [3.8, 4) is 0 Å². The summed E-state index contributed by atoms with van der Waals surface area (Å²) in [6, 6.07) is 1.43. The van der Waals surface area contributed by atoms with Crippen LogP contribution in [-0.4, -0.2) is 59.7 Å². The fraction of sp³-hybridized carbons (Fsp3) is 0.556. The zero-order chi connectivity index (χ0) is 19.6. The van der Waals surface area contributed by atoms with Crippen molar-refractivity contribution in [1.29, 1.82) is 0 Å². The Morgan fingerprint density at radius 3 is 2.82 bits per heavy atom. The lowest BCUT2D eigenvalue weighted by Gasteiger charge is -2.24. The van der Waals surface area contributed by atoms with Crippen molar-refractivity contribution >= 4 is 39.0 Å². The summed E-state index contributed by atoms with van der Waals surface area (Å²) in [5, 5.41) is 3.92. The average molecular weight is 441 g/mol. The van der Waals surface area contributed by atoms with Crippen LogP contribution in [0.1, 0.15) is 38.9 Å². The molecule has 7 nitrogen and oxygen atoms in total. The fourth-order valence-corrected chi connectivity index (χ4v) is 7.21. The van der Waals surface area contributed by atoms with Gasteiger partial charge in [-0.3, -0.25) is 4.79 Å². The van der Waals surface area contributed by atoms with Gasteiger partial charge in [0.05, 0.1) is 10.7 Å². The highest BCUT2D eigenvalue weighted by Gasteiger charge is 2.27. The number of thioether (sulfide) groups is 1. The lowest BCUT2D eigenvalue weighted by Crippen LogP contribution is -2.37. The van der Waals surface area contributed by atoms with E-state index in [0.717, 1.165) is 29.4 Å². The molecular formula is C18H24N4O3S3. The molecular weight excluding hydrogens is 416 g/mol. The maximum atomic E-state index is 12.7. The highest BCUT2D eigenvalue weighted by atomic mass is 32.2. The molecule has 1 fully saturated rings. The molecule has 0 aromatic carbocycles. The van der Waals surface area contributed by atoms with Crippen LogP contribution in [0.4, 0.5) is 0 Å². The number of thiazole rings is 1. The van der Waals surface area contributed by atoms with Gasteiger partial charge in [0.1, 0.15) is 10.6 Å². The van der Waals surface area contributed by atoms with E-state index in [4.69, 9.17) is 0 Å². The number of hydrogen-bond acceptors (Lipinski definition) is 6. The Hall–Kier alpha value is -1.36. The third-order valence-electron chi connectivity index (χ3n) is 5.02. The number of aryl methyl sites for hydroxylation is 2. The predicted octanol–water partition coefficient (Wildman–Crippen LogP) is 2.06. The van der Waals surface area contributed by atoms with Gasteiger partial charge in [-0.15, -0.1) is 11.3 Å². The summed E-state index contributed by atoms with van der Waals surface area (Å²) >= 11 is 3.50. The number of aromatic nitrogens is 2. The van der Waals surface area contributed by atoms with Crippen molar-refractivity contribution in [3.05, 3.63) is 33.5 Å². The summed E-state index contributed by atoms with van der Waals surface area (Å²) < 4.78 is 26.8. The molecule has 2 aromatic heterocycles. The molecule has 0 unspecified atom stereocenters. The van der Waals surface area contributed by atoms with E-state index in [0.29, 0.717) is 26.1 Å². The molecule has 1 saturated heterocycles. The molecule has 28 heavy (non-hydrogen) atoms. The second-order valence-electron chi connectivity index (χ2n) is 6.96. The number of carbonyl (C=O) groups is 1. The molecule has 0 atom stereocenters. The van der Waals surface area contributed by atoms with Crippen molar-refractivity contribution in [1.82, 2.24) is 19.6 Å². The van der Waals surface area contributed by atoms with Crippen LogP contribution in [0.5, 0.6) is 0 Å². The molecule has 2 N–H and O–H groups in total. The van der Waals surface area contributed by atoms with Crippen molar-refractivity contribution in [2.45, 2.75) is 37.0 Å². The van der Waals surface area contributed by atoms with Gasteiger partial charge in [-0.2, -0.15) is 16.1 Å². The summed E-state index contributed by atoms with van der Waals surface area (Å²) in [7, 11) is -3.54. The first-order valence-electron chi connectivity index (χ1n) is 9.56. The number of nitrogens with zero attached hydrogens (tertiary/aromatic N) is 2. The topological polar surface area (TPSA) is 95.2 Å². The minimum atomic E-state index is -3.54. The van der Waals surface area contributed by atoms with Crippen LogP contribution in [0.25, 0.3) is 0 Å². The first-order chi connectivity index (χ1) is 13.5. The lowest BCUT2D eigenvalue weighted by molar-refractivity contribution is 0.0949. The standard InChI is InChI=1S/C18H24N4O3S3/c23-18(19-6-5-17-21-14-3-1-2-4-16(14)27-17)15-11-13(12-20-15)28(24,25)22-7-9-26-10-8-22/h11-12,20H,1-10H2,(H,19,23). The van der Waals surface area contributed by atoms with Crippen molar-refractivity contribution in [3.63, 3.8) is 0 Å². The van der Waals surface area contributed by atoms with E-state index in [9.17, 15) is 13.2 Å². The second kappa shape index (κ2) is 8.56. The number of hydrogen-bond donors (Lipinski definition) is 2. The third kappa shape index (κ3) is 4.29. The smallest absolute Gasteiger partial charge is 0.267 e. The molecule has 2 aliphatic rings. The fourth-order valence-electron chi connectivity index (χ4n) is 3.48. The average Bonchev–Trinajstić information content (AvgIpc) is 3.36. The van der Waals surface area contributed by atoms with Crippen LogP contribution in [0.15, 0.2) is 17.2 Å². The Balaban J connectivity index is 1.33. The number of fused-ring (bicyclic) bond motifs is 1. The molecule has 2 aromatic rings. The number of amides is 1. The number of aromatic amines is 1. The summed E-state index contributed by atoms with van der Waals surface area (Å²) in [6.45, 7) is 1.50. The van der Waals surface area contributed by atoms with E-state index in [-0.39, 0.29) is 16.5 Å². The number of rotatable bonds is 6. The van der Waals surface area contributed by atoms with Gasteiger partial charge >= 0.3 is 0 Å². The number of H-pyrrole nitrogens is 1. The maximum absolute atomic E-state index is 12.7. The van der Waals surface area contributed by atoms with Crippen molar-refractivity contribution in [2.24, 2.45) is 0 Å². The van der Waals surface area contributed by atoms with Gasteiger partial charge in [0.15, 0.2) is 0 Å². The molecule has 4 rings (SSSR count). The van der Waals surface area contributed by atoms with Gasteiger partial charge in [-0.05, 0) is 31.7 Å². The van der Waals surface area contributed by atoms with Gasteiger partial charge in [0, 0.05) is 48.6 Å². The first-order valence-corrected chi connectivity index (χ1v) is 13.0. The zero-order valence-corrected chi connectivity index (χ0v) is 18.0. The summed E-state index contributed by atoms with van der Waals surface area (Å²) in [4.78, 5) is 21.4. The number of sulfonamides is 1. The van der Waals surface area contributed by atoms with Crippen LogP contribution in [-0.2, 0) is 29.3 Å². The van der Waals surface area contributed by atoms with Gasteiger partial charge in [0.25, 0.3) is 5.91 Å². The lowest BCUT2D eigenvalue weighted by atomic mass is 10.0. The van der Waals surface area contributed by atoms with Gasteiger partial charge in [0.2, 0.25) is 10.0 Å². The van der Waals surface area contributed by atoms with Crippen LogP contribution in [0.2, 0.25) is 0 Å². The summed E-state index contributed by atoms with van der Waals surface area (Å²) in [6.07, 6.45) is 6.73. The van der Waals surface area contributed by atoms with E-state index in [1.165, 1.54) is 40.0 Å². The molecule has 0 spiro atoms. The third-order valence-corrected chi connectivity index (χ3v) is 9.06. The highest BCUT2D eigenvalue weighted by Crippen LogP contribution is 2.26. The van der Waals surface area contributed by atoms with Crippen LogP contribution >= 0.6 is 23.1 Å². The molecule has 1 aliphatic carbocycles. The van der Waals surface area contributed by atoms with E-state index in [2.05, 4.69) is 15.3 Å². The normalized spacial score (nSPS) is 18.0. The number of carbonyl (C=O) groups excluding carboxylic acids is 1. The molecule has 3 heterocycles. The summed E-state index contributed by atoms with van der Waals surface area (Å²) in [5.41, 5.74) is 1.50. The largest absolute Gasteiger partial charge is 0.356 e. The molecule has 1 amide bonds. The van der Waals surface area contributed by atoms with Gasteiger partial charge < -0.3 is 10.3 Å². The molecule has 0 saturated carbocycles. The van der Waals surface area contributed by atoms with Gasteiger partial charge in [-0.25, -0.2) is 13.4 Å². The Labute approximate surface area is 173 Å².